The van der Waals surface area contributed by atoms with Gasteiger partial charge in [-0.2, -0.15) is 5.10 Å². The first kappa shape index (κ1) is 15.8. The van der Waals surface area contributed by atoms with Gasteiger partial charge in [0.2, 0.25) is 5.91 Å². The first-order chi connectivity index (χ1) is 10.6. The van der Waals surface area contributed by atoms with E-state index in [0.717, 1.165) is 18.5 Å². The summed E-state index contributed by atoms with van der Waals surface area (Å²) in [4.78, 5) is 13.9. The second-order valence-electron chi connectivity index (χ2n) is 5.18. The first-order valence-electron chi connectivity index (χ1n) is 7.36. The van der Waals surface area contributed by atoms with E-state index in [-0.39, 0.29) is 5.91 Å². The molecule has 116 valence electrons. The number of aryl methyl sites for hydroxylation is 1. The van der Waals surface area contributed by atoms with E-state index >= 15 is 0 Å². The summed E-state index contributed by atoms with van der Waals surface area (Å²) < 4.78 is 1.71. The predicted octanol–water partition coefficient (Wildman–Crippen LogP) is 2.08. The molecule has 0 atom stereocenters. The summed E-state index contributed by atoms with van der Waals surface area (Å²) in [5.41, 5.74) is 2.10. The summed E-state index contributed by atoms with van der Waals surface area (Å²) in [6, 6.07) is 10.2. The molecule has 0 saturated carbocycles. The molecule has 1 aromatic carbocycles. The van der Waals surface area contributed by atoms with Crippen LogP contribution in [0.5, 0.6) is 0 Å². The number of para-hydroxylation sites is 1. The van der Waals surface area contributed by atoms with Gasteiger partial charge < -0.3 is 10.2 Å². The zero-order valence-corrected chi connectivity index (χ0v) is 13.1. The third-order valence-electron chi connectivity index (χ3n) is 3.32. The van der Waals surface area contributed by atoms with Crippen molar-refractivity contribution in [2.24, 2.45) is 7.05 Å². The van der Waals surface area contributed by atoms with Crippen LogP contribution in [0.25, 0.3) is 6.08 Å². The molecule has 0 unspecified atom stereocenters. The Balaban J connectivity index is 1.66. The molecule has 1 heterocycles. The number of aromatic nitrogens is 2. The van der Waals surface area contributed by atoms with Crippen molar-refractivity contribution in [1.29, 1.82) is 0 Å². The number of benzene rings is 1. The van der Waals surface area contributed by atoms with Crippen molar-refractivity contribution in [2.75, 3.05) is 25.0 Å². The molecule has 0 aliphatic heterocycles. The molecule has 1 aromatic heterocycles. The topological polar surface area (TPSA) is 50.2 Å². The average molecular weight is 298 g/mol. The van der Waals surface area contributed by atoms with Crippen LogP contribution in [0.15, 0.2) is 48.8 Å². The molecular formula is C17H22N4O. The predicted molar refractivity (Wildman–Crippen MR) is 89.6 cm³/mol. The average Bonchev–Trinajstić information content (AvgIpc) is 2.96. The Morgan fingerprint density at radius 1 is 1.36 bits per heavy atom. The molecular weight excluding hydrogens is 276 g/mol. The van der Waals surface area contributed by atoms with Crippen LogP contribution < -0.4 is 10.2 Å². The number of rotatable bonds is 7. The lowest BCUT2D eigenvalue weighted by atomic mass is 10.3. The van der Waals surface area contributed by atoms with Gasteiger partial charge in [0.15, 0.2) is 0 Å². The van der Waals surface area contributed by atoms with E-state index in [1.54, 1.807) is 17.0 Å². The van der Waals surface area contributed by atoms with Crippen LogP contribution in [0.4, 0.5) is 5.69 Å². The van der Waals surface area contributed by atoms with Crippen molar-refractivity contribution in [3.05, 3.63) is 54.4 Å². The maximum absolute atomic E-state index is 11.7. The van der Waals surface area contributed by atoms with Gasteiger partial charge in [-0.15, -0.1) is 0 Å². The minimum atomic E-state index is -0.0776. The molecule has 5 heteroatoms. The van der Waals surface area contributed by atoms with Gasteiger partial charge in [0.05, 0.1) is 6.20 Å². The number of nitrogens with zero attached hydrogens (tertiary/aromatic N) is 3. The summed E-state index contributed by atoms with van der Waals surface area (Å²) in [6.07, 6.45) is 7.78. The lowest BCUT2D eigenvalue weighted by molar-refractivity contribution is -0.116. The second kappa shape index (κ2) is 8.02. The van der Waals surface area contributed by atoms with Gasteiger partial charge in [-0.3, -0.25) is 9.48 Å². The van der Waals surface area contributed by atoms with E-state index in [1.807, 2.05) is 31.4 Å². The van der Waals surface area contributed by atoms with Gasteiger partial charge in [-0.25, -0.2) is 0 Å². The van der Waals surface area contributed by atoms with Crippen molar-refractivity contribution < 1.29 is 4.79 Å². The van der Waals surface area contributed by atoms with Gasteiger partial charge in [0.25, 0.3) is 0 Å². The Morgan fingerprint density at radius 2 is 2.14 bits per heavy atom. The number of hydrogen-bond donors (Lipinski definition) is 1. The Bertz CT molecular complexity index is 619. The maximum atomic E-state index is 11.7. The first-order valence-corrected chi connectivity index (χ1v) is 7.36. The van der Waals surface area contributed by atoms with Gasteiger partial charge in [-0.1, -0.05) is 18.2 Å². The summed E-state index contributed by atoms with van der Waals surface area (Å²) in [7, 11) is 3.90. The summed E-state index contributed by atoms with van der Waals surface area (Å²) >= 11 is 0. The van der Waals surface area contributed by atoms with Crippen LogP contribution in [-0.4, -0.2) is 35.8 Å². The van der Waals surface area contributed by atoms with E-state index in [9.17, 15) is 4.79 Å². The molecule has 1 amide bonds. The molecule has 0 aliphatic rings. The standard InChI is InChI=1S/C17H22N4O/c1-20(16-7-4-3-5-8-16)12-6-11-18-17(22)10-9-15-13-19-21(2)14-15/h3-5,7-10,13-14H,6,11-12H2,1-2H3,(H,18,22)/b10-9+. The number of carbonyl (C=O) groups is 1. The largest absolute Gasteiger partial charge is 0.375 e. The van der Waals surface area contributed by atoms with Crippen molar-refractivity contribution >= 4 is 17.7 Å². The van der Waals surface area contributed by atoms with E-state index in [1.165, 1.54) is 11.8 Å². The Kier molecular flexibility index (Phi) is 5.77. The highest BCUT2D eigenvalue weighted by molar-refractivity contribution is 5.91. The number of nitrogens with one attached hydrogen (secondary N) is 1. The minimum Gasteiger partial charge on any atom is -0.375 e. The number of carbonyl (C=O) groups excluding carboxylic acids is 1. The van der Waals surface area contributed by atoms with Crippen LogP contribution in [-0.2, 0) is 11.8 Å². The summed E-state index contributed by atoms with van der Waals surface area (Å²) in [5.74, 6) is -0.0776. The number of amides is 1. The van der Waals surface area contributed by atoms with Crippen molar-refractivity contribution in [3.63, 3.8) is 0 Å². The second-order valence-corrected chi connectivity index (χ2v) is 5.18. The van der Waals surface area contributed by atoms with Gasteiger partial charge in [0, 0.05) is 50.7 Å². The van der Waals surface area contributed by atoms with E-state index < -0.39 is 0 Å². The quantitative estimate of drug-likeness (QED) is 0.629. The Labute approximate surface area is 131 Å². The van der Waals surface area contributed by atoms with E-state index in [4.69, 9.17) is 0 Å². The fourth-order valence-electron chi connectivity index (χ4n) is 2.10. The van der Waals surface area contributed by atoms with Crippen molar-refractivity contribution in [1.82, 2.24) is 15.1 Å². The van der Waals surface area contributed by atoms with Gasteiger partial charge >= 0.3 is 0 Å². The molecule has 22 heavy (non-hydrogen) atoms. The summed E-state index contributed by atoms with van der Waals surface area (Å²) in [5, 5.41) is 6.93. The highest BCUT2D eigenvalue weighted by Gasteiger charge is 2.00. The molecule has 0 bridgehead atoms. The van der Waals surface area contributed by atoms with Crippen LogP contribution in [0, 0.1) is 0 Å². The zero-order valence-electron chi connectivity index (χ0n) is 13.1. The molecule has 1 N–H and O–H groups in total. The highest BCUT2D eigenvalue weighted by atomic mass is 16.1. The number of hydrogen-bond acceptors (Lipinski definition) is 3. The number of anilines is 1. The minimum absolute atomic E-state index is 0.0776. The lowest BCUT2D eigenvalue weighted by Gasteiger charge is -2.18. The molecule has 2 aromatic rings. The van der Waals surface area contributed by atoms with E-state index in [2.05, 4.69) is 34.5 Å². The normalized spacial score (nSPS) is 10.8. The van der Waals surface area contributed by atoms with Crippen molar-refractivity contribution in [3.8, 4) is 0 Å². The van der Waals surface area contributed by atoms with Crippen LogP contribution in [0.3, 0.4) is 0 Å². The molecule has 5 nitrogen and oxygen atoms in total. The third kappa shape index (κ3) is 5.09. The highest BCUT2D eigenvalue weighted by Crippen LogP contribution is 2.10. The summed E-state index contributed by atoms with van der Waals surface area (Å²) in [6.45, 7) is 1.56. The molecule has 0 radical (unpaired) electrons. The third-order valence-corrected chi connectivity index (χ3v) is 3.32. The van der Waals surface area contributed by atoms with Crippen molar-refractivity contribution in [2.45, 2.75) is 6.42 Å². The van der Waals surface area contributed by atoms with Gasteiger partial charge in [0.1, 0.15) is 0 Å². The molecule has 0 aliphatic carbocycles. The van der Waals surface area contributed by atoms with Crippen LogP contribution >= 0.6 is 0 Å². The molecule has 0 fully saturated rings. The zero-order chi connectivity index (χ0) is 15.8. The Morgan fingerprint density at radius 3 is 2.82 bits per heavy atom. The van der Waals surface area contributed by atoms with Crippen LogP contribution in [0.2, 0.25) is 0 Å². The van der Waals surface area contributed by atoms with Crippen LogP contribution in [0.1, 0.15) is 12.0 Å². The lowest BCUT2D eigenvalue weighted by Crippen LogP contribution is -2.26. The van der Waals surface area contributed by atoms with E-state index in [0.29, 0.717) is 6.54 Å². The monoisotopic (exact) mass is 298 g/mol. The SMILES string of the molecule is CN(CCCNC(=O)/C=C/c1cnn(C)c1)c1ccccc1. The maximum Gasteiger partial charge on any atom is 0.244 e. The van der Waals surface area contributed by atoms with Gasteiger partial charge in [-0.05, 0) is 24.6 Å². The molecule has 0 saturated heterocycles. The molecule has 0 spiro atoms. The Hall–Kier alpha value is -2.56. The smallest absolute Gasteiger partial charge is 0.244 e. The fourth-order valence-corrected chi connectivity index (χ4v) is 2.10. The fraction of sp³-hybridized carbons (Fsp3) is 0.294. The molecule has 2 rings (SSSR count).